The molecule has 0 fully saturated rings. The standard InChI is InChI=1S/C10H15N5O/c11-6-8(12)9-10(13)15(7-14-9)4-2-1-3-5-16/h7,12,16H,1-5,13H2. The van der Waals surface area contributed by atoms with Gasteiger partial charge in [-0.15, -0.1) is 0 Å². The van der Waals surface area contributed by atoms with Gasteiger partial charge in [0, 0.05) is 13.2 Å². The molecule has 0 saturated carbocycles. The van der Waals surface area contributed by atoms with E-state index in [2.05, 4.69) is 4.98 Å². The number of aromatic nitrogens is 2. The zero-order valence-electron chi connectivity index (χ0n) is 8.98. The van der Waals surface area contributed by atoms with E-state index in [1.165, 1.54) is 6.33 Å². The van der Waals surface area contributed by atoms with Crippen molar-refractivity contribution < 1.29 is 5.11 Å². The number of nitrogens with two attached hydrogens (primary N) is 1. The second-order valence-electron chi connectivity index (χ2n) is 3.44. The normalized spacial score (nSPS) is 10.0. The third kappa shape index (κ3) is 2.81. The minimum absolute atomic E-state index is 0.198. The fraction of sp³-hybridized carbons (Fsp3) is 0.500. The lowest BCUT2D eigenvalue weighted by molar-refractivity contribution is 0.282. The molecule has 0 amide bonds. The molecule has 0 aromatic carbocycles. The molecule has 0 aliphatic heterocycles. The number of rotatable bonds is 6. The third-order valence-corrected chi connectivity index (χ3v) is 2.28. The zero-order valence-corrected chi connectivity index (χ0v) is 8.98. The van der Waals surface area contributed by atoms with Crippen molar-refractivity contribution in [2.24, 2.45) is 0 Å². The fourth-order valence-corrected chi connectivity index (χ4v) is 1.39. The van der Waals surface area contributed by atoms with E-state index in [0.29, 0.717) is 12.4 Å². The number of hydrogen-bond donors (Lipinski definition) is 3. The Morgan fingerprint density at radius 2 is 2.31 bits per heavy atom. The van der Waals surface area contributed by atoms with Gasteiger partial charge in [-0.3, -0.25) is 5.41 Å². The highest BCUT2D eigenvalue weighted by molar-refractivity contribution is 6.10. The summed E-state index contributed by atoms with van der Waals surface area (Å²) in [6.45, 7) is 0.890. The Morgan fingerprint density at radius 3 is 2.94 bits per heavy atom. The molecule has 86 valence electrons. The SMILES string of the molecule is N#CC(=N)c1ncn(CCCCCO)c1N. The average Bonchev–Trinajstić information content (AvgIpc) is 2.65. The number of nitrogen functional groups attached to an aromatic ring is 1. The van der Waals surface area contributed by atoms with Gasteiger partial charge in [0.15, 0.2) is 5.71 Å². The molecule has 6 nitrogen and oxygen atoms in total. The lowest BCUT2D eigenvalue weighted by Crippen LogP contribution is -2.06. The van der Waals surface area contributed by atoms with E-state index in [4.69, 9.17) is 21.5 Å². The van der Waals surface area contributed by atoms with Gasteiger partial charge < -0.3 is 15.4 Å². The molecular weight excluding hydrogens is 206 g/mol. The van der Waals surface area contributed by atoms with Crippen LogP contribution < -0.4 is 5.73 Å². The second-order valence-corrected chi connectivity index (χ2v) is 3.44. The first-order chi connectivity index (χ1) is 7.70. The number of nitriles is 1. The molecule has 1 rings (SSSR count). The number of nitrogens with zero attached hydrogens (tertiary/aromatic N) is 3. The van der Waals surface area contributed by atoms with E-state index in [9.17, 15) is 0 Å². The van der Waals surface area contributed by atoms with Crippen molar-refractivity contribution in [2.45, 2.75) is 25.8 Å². The monoisotopic (exact) mass is 221 g/mol. The summed E-state index contributed by atoms with van der Waals surface area (Å²) in [6, 6.07) is 1.71. The van der Waals surface area contributed by atoms with Crippen LogP contribution in [-0.2, 0) is 6.54 Å². The molecular formula is C10H15N5O. The van der Waals surface area contributed by atoms with Crippen LogP contribution in [0.5, 0.6) is 0 Å². The molecule has 0 radical (unpaired) electrons. The molecule has 0 aliphatic carbocycles. The minimum atomic E-state index is -0.216. The minimum Gasteiger partial charge on any atom is -0.396 e. The highest BCUT2D eigenvalue weighted by Crippen LogP contribution is 2.11. The number of aryl methyl sites for hydroxylation is 1. The molecule has 1 heterocycles. The smallest absolute Gasteiger partial charge is 0.161 e. The molecule has 0 bridgehead atoms. The van der Waals surface area contributed by atoms with Crippen LogP contribution in [-0.4, -0.2) is 27.0 Å². The van der Waals surface area contributed by atoms with Gasteiger partial charge in [-0.2, -0.15) is 5.26 Å². The van der Waals surface area contributed by atoms with Crippen molar-refractivity contribution >= 4 is 11.5 Å². The van der Waals surface area contributed by atoms with Crippen LogP contribution in [0.1, 0.15) is 25.0 Å². The van der Waals surface area contributed by atoms with Crippen molar-refractivity contribution in [1.29, 1.82) is 10.7 Å². The zero-order chi connectivity index (χ0) is 12.0. The van der Waals surface area contributed by atoms with Crippen LogP contribution in [0.4, 0.5) is 5.82 Å². The van der Waals surface area contributed by atoms with Crippen LogP contribution in [0.2, 0.25) is 0 Å². The molecule has 0 unspecified atom stereocenters. The molecule has 4 N–H and O–H groups in total. The Morgan fingerprint density at radius 1 is 1.56 bits per heavy atom. The van der Waals surface area contributed by atoms with Gasteiger partial charge >= 0.3 is 0 Å². The molecule has 0 spiro atoms. The summed E-state index contributed by atoms with van der Waals surface area (Å²) < 4.78 is 1.72. The predicted octanol–water partition coefficient (Wildman–Crippen LogP) is 0.519. The van der Waals surface area contributed by atoms with Gasteiger partial charge in [-0.25, -0.2) is 4.98 Å². The highest BCUT2D eigenvalue weighted by Gasteiger charge is 2.11. The lowest BCUT2D eigenvalue weighted by Gasteiger charge is -2.04. The average molecular weight is 221 g/mol. The topological polar surface area (TPSA) is 112 Å². The predicted molar refractivity (Wildman–Crippen MR) is 60.0 cm³/mol. The Bertz CT molecular complexity index is 404. The van der Waals surface area contributed by atoms with Gasteiger partial charge in [-0.05, 0) is 19.3 Å². The Balaban J connectivity index is 2.59. The van der Waals surface area contributed by atoms with Crippen LogP contribution in [0.15, 0.2) is 6.33 Å². The Kier molecular flexibility index (Phi) is 4.48. The number of unbranched alkanes of at least 4 members (excludes halogenated alkanes) is 2. The van der Waals surface area contributed by atoms with Gasteiger partial charge in [-0.1, -0.05) is 0 Å². The number of nitrogens with one attached hydrogen (secondary N) is 1. The van der Waals surface area contributed by atoms with E-state index in [1.54, 1.807) is 10.6 Å². The maximum Gasteiger partial charge on any atom is 0.161 e. The van der Waals surface area contributed by atoms with Crippen LogP contribution >= 0.6 is 0 Å². The van der Waals surface area contributed by atoms with Crippen LogP contribution in [0.3, 0.4) is 0 Å². The third-order valence-electron chi connectivity index (χ3n) is 2.28. The molecule has 16 heavy (non-hydrogen) atoms. The van der Waals surface area contributed by atoms with Crippen molar-refractivity contribution in [2.75, 3.05) is 12.3 Å². The number of hydrogen-bond acceptors (Lipinski definition) is 5. The van der Waals surface area contributed by atoms with Gasteiger partial charge in [0.1, 0.15) is 17.6 Å². The first-order valence-corrected chi connectivity index (χ1v) is 5.11. The van der Waals surface area contributed by atoms with Gasteiger partial charge in [0.2, 0.25) is 0 Å². The van der Waals surface area contributed by atoms with Crippen molar-refractivity contribution in [3.63, 3.8) is 0 Å². The van der Waals surface area contributed by atoms with E-state index < -0.39 is 0 Å². The van der Waals surface area contributed by atoms with Crippen molar-refractivity contribution in [1.82, 2.24) is 9.55 Å². The summed E-state index contributed by atoms with van der Waals surface area (Å²) in [7, 11) is 0. The fourth-order valence-electron chi connectivity index (χ4n) is 1.39. The number of aliphatic hydroxyl groups excluding tert-OH is 1. The number of aliphatic hydroxyl groups is 1. The number of anilines is 1. The first kappa shape index (κ1) is 12.2. The van der Waals surface area contributed by atoms with Gasteiger partial charge in [0.05, 0.1) is 6.33 Å². The van der Waals surface area contributed by atoms with Crippen molar-refractivity contribution in [3.05, 3.63) is 12.0 Å². The van der Waals surface area contributed by atoms with Crippen LogP contribution in [0, 0.1) is 16.7 Å². The van der Waals surface area contributed by atoms with Gasteiger partial charge in [0.25, 0.3) is 0 Å². The van der Waals surface area contributed by atoms with E-state index in [0.717, 1.165) is 19.3 Å². The summed E-state index contributed by atoms with van der Waals surface area (Å²) in [5.74, 6) is 0.357. The van der Waals surface area contributed by atoms with E-state index in [-0.39, 0.29) is 18.0 Å². The maximum atomic E-state index is 8.62. The molecule has 1 aromatic heterocycles. The Labute approximate surface area is 93.8 Å². The van der Waals surface area contributed by atoms with Crippen molar-refractivity contribution in [3.8, 4) is 6.07 Å². The maximum absolute atomic E-state index is 8.62. The lowest BCUT2D eigenvalue weighted by atomic mass is 10.2. The molecule has 0 aliphatic rings. The van der Waals surface area contributed by atoms with E-state index in [1.807, 2.05) is 0 Å². The molecule has 0 saturated heterocycles. The van der Waals surface area contributed by atoms with E-state index >= 15 is 0 Å². The largest absolute Gasteiger partial charge is 0.396 e. The molecule has 1 aromatic rings. The summed E-state index contributed by atoms with van der Waals surface area (Å²) >= 11 is 0. The number of imidazole rings is 1. The summed E-state index contributed by atoms with van der Waals surface area (Å²) in [5.41, 5.74) is 5.78. The second kappa shape index (κ2) is 5.88. The summed E-state index contributed by atoms with van der Waals surface area (Å²) in [4.78, 5) is 3.93. The first-order valence-electron chi connectivity index (χ1n) is 5.11. The molecule has 6 heteroatoms. The summed E-state index contributed by atoms with van der Waals surface area (Å²) in [6.07, 6.45) is 4.12. The van der Waals surface area contributed by atoms with Crippen LogP contribution in [0.25, 0.3) is 0 Å². The molecule has 0 atom stereocenters. The highest BCUT2D eigenvalue weighted by atomic mass is 16.2. The summed E-state index contributed by atoms with van der Waals surface area (Å²) in [5, 5.41) is 24.5. The quantitative estimate of drug-likeness (QED) is 0.480. The Hall–Kier alpha value is -1.87.